The highest BCUT2D eigenvalue weighted by Gasteiger charge is 2.17. The maximum atomic E-state index is 11.7. The van der Waals surface area contributed by atoms with Crippen molar-refractivity contribution in [3.8, 4) is 5.75 Å². The molecule has 0 radical (unpaired) electrons. The molecule has 9 heteroatoms. The first-order chi connectivity index (χ1) is 11.0. The van der Waals surface area contributed by atoms with Crippen LogP contribution < -0.4 is 10.1 Å². The van der Waals surface area contributed by atoms with Gasteiger partial charge < -0.3 is 14.8 Å². The number of esters is 1. The van der Waals surface area contributed by atoms with E-state index in [2.05, 4.69) is 15.0 Å². The van der Waals surface area contributed by atoms with Gasteiger partial charge in [-0.25, -0.2) is 4.79 Å². The molecule has 1 aromatic heterocycles. The fourth-order valence-electron chi connectivity index (χ4n) is 1.87. The van der Waals surface area contributed by atoms with Crippen LogP contribution >= 0.6 is 0 Å². The summed E-state index contributed by atoms with van der Waals surface area (Å²) >= 11 is 0. The van der Waals surface area contributed by atoms with Crippen molar-refractivity contribution in [2.45, 2.75) is 6.92 Å². The molecule has 0 aliphatic rings. The number of hydrogen-bond acceptors (Lipinski definition) is 7. The van der Waals surface area contributed by atoms with Crippen LogP contribution in [0.2, 0.25) is 0 Å². The summed E-state index contributed by atoms with van der Waals surface area (Å²) in [5.74, 6) is -0.552. The molecule has 1 N–H and O–H groups in total. The lowest BCUT2D eigenvalue weighted by Crippen LogP contribution is -2.32. The normalized spacial score (nSPS) is 10.1. The first kappa shape index (κ1) is 16.1. The Morgan fingerprint density at radius 3 is 2.83 bits per heavy atom. The number of nitrogens with one attached hydrogen (secondary N) is 1. The minimum atomic E-state index is -0.890. The monoisotopic (exact) mass is 319 g/mol. The average Bonchev–Trinajstić information content (AvgIpc) is 2.53. The molecule has 2 aromatic rings. The van der Waals surface area contributed by atoms with Crippen molar-refractivity contribution in [2.75, 3.05) is 13.2 Å². The van der Waals surface area contributed by atoms with E-state index in [-0.39, 0.29) is 35.5 Å². The topological polar surface area (TPSA) is 121 Å². The molecule has 0 spiro atoms. The smallest absolute Gasteiger partial charge is 0.413 e. The fourth-order valence-corrected chi connectivity index (χ4v) is 1.87. The molecule has 0 saturated carbocycles. The van der Waals surface area contributed by atoms with Gasteiger partial charge in [-0.2, -0.15) is 0 Å². The van der Waals surface area contributed by atoms with Gasteiger partial charge in [0.1, 0.15) is 12.1 Å². The maximum absolute atomic E-state index is 11.7. The summed E-state index contributed by atoms with van der Waals surface area (Å²) in [7, 11) is 0. The summed E-state index contributed by atoms with van der Waals surface area (Å²) in [4.78, 5) is 37.3. The van der Waals surface area contributed by atoms with Gasteiger partial charge >= 0.3 is 12.1 Å². The molecule has 0 aliphatic carbocycles. The van der Waals surface area contributed by atoms with Gasteiger partial charge in [-0.15, -0.1) is 0 Å². The number of amides is 1. The molecule has 1 aromatic carbocycles. The number of nitrogens with zero attached hydrogens (tertiary/aromatic N) is 2. The Morgan fingerprint density at radius 1 is 1.35 bits per heavy atom. The molecule has 9 nitrogen and oxygen atoms in total. The van der Waals surface area contributed by atoms with Crippen LogP contribution in [0.5, 0.6) is 5.75 Å². The highest BCUT2D eigenvalue weighted by atomic mass is 16.6. The SMILES string of the molecule is CCOC(=O)CNC(=O)Oc1ccc([N+](=O)[O-])c2cccnc12. The van der Waals surface area contributed by atoms with Crippen LogP contribution in [0.1, 0.15) is 6.92 Å². The van der Waals surface area contributed by atoms with Crippen LogP contribution in [0, 0.1) is 10.1 Å². The van der Waals surface area contributed by atoms with E-state index >= 15 is 0 Å². The lowest BCUT2D eigenvalue weighted by atomic mass is 10.1. The number of aromatic nitrogens is 1. The van der Waals surface area contributed by atoms with Gasteiger partial charge in [0.15, 0.2) is 5.75 Å². The van der Waals surface area contributed by atoms with Gasteiger partial charge in [-0.3, -0.25) is 19.9 Å². The van der Waals surface area contributed by atoms with Crippen LogP contribution in [0.4, 0.5) is 10.5 Å². The summed E-state index contributed by atoms with van der Waals surface area (Å²) in [6, 6.07) is 5.54. The number of carbonyl (C=O) groups excluding carboxylic acids is 2. The molecule has 120 valence electrons. The standard InChI is InChI=1S/C14H13N3O6/c1-2-22-12(18)8-16-14(19)23-11-6-5-10(17(20)21)9-4-3-7-15-13(9)11/h3-7H,2,8H2,1H3,(H,16,19). The van der Waals surface area contributed by atoms with Gasteiger partial charge in [0.05, 0.1) is 16.9 Å². The molecule has 2 rings (SSSR count). The Bertz CT molecular complexity index is 761. The van der Waals surface area contributed by atoms with Crippen LogP contribution in [-0.4, -0.2) is 35.1 Å². The zero-order valence-corrected chi connectivity index (χ0v) is 12.1. The fraction of sp³-hybridized carbons (Fsp3) is 0.214. The minimum absolute atomic E-state index is 0.0487. The molecular weight excluding hydrogens is 306 g/mol. The predicted molar refractivity (Wildman–Crippen MR) is 79.1 cm³/mol. The molecule has 0 fully saturated rings. The number of hydrogen-bond donors (Lipinski definition) is 1. The third-order valence-electron chi connectivity index (χ3n) is 2.79. The lowest BCUT2D eigenvalue weighted by Gasteiger charge is -2.08. The number of pyridine rings is 1. The number of non-ortho nitro benzene ring substituents is 1. The Balaban J connectivity index is 2.18. The molecule has 0 bridgehead atoms. The van der Waals surface area contributed by atoms with Crippen molar-refractivity contribution in [3.63, 3.8) is 0 Å². The van der Waals surface area contributed by atoms with Crippen molar-refractivity contribution in [1.29, 1.82) is 0 Å². The van der Waals surface area contributed by atoms with E-state index in [1.807, 2.05) is 0 Å². The van der Waals surface area contributed by atoms with E-state index < -0.39 is 17.0 Å². The Hall–Kier alpha value is -3.23. The van der Waals surface area contributed by atoms with E-state index in [0.29, 0.717) is 0 Å². The first-order valence-electron chi connectivity index (χ1n) is 6.66. The molecule has 1 heterocycles. The zero-order valence-electron chi connectivity index (χ0n) is 12.1. The third kappa shape index (κ3) is 3.90. The number of rotatable bonds is 5. The second-order valence-electron chi connectivity index (χ2n) is 4.29. The van der Waals surface area contributed by atoms with Gasteiger partial charge in [0.25, 0.3) is 5.69 Å². The van der Waals surface area contributed by atoms with E-state index in [1.165, 1.54) is 24.4 Å². The molecular formula is C14H13N3O6. The molecule has 0 atom stereocenters. The van der Waals surface area contributed by atoms with Crippen molar-refractivity contribution >= 4 is 28.7 Å². The third-order valence-corrected chi connectivity index (χ3v) is 2.79. The van der Waals surface area contributed by atoms with Crippen molar-refractivity contribution in [2.24, 2.45) is 0 Å². The van der Waals surface area contributed by atoms with E-state index in [4.69, 9.17) is 4.74 Å². The van der Waals surface area contributed by atoms with Gasteiger partial charge in [0, 0.05) is 12.3 Å². The number of ether oxygens (including phenoxy) is 2. The van der Waals surface area contributed by atoms with Gasteiger partial charge in [0.2, 0.25) is 0 Å². The van der Waals surface area contributed by atoms with Crippen LogP contribution in [0.3, 0.4) is 0 Å². The first-order valence-corrected chi connectivity index (χ1v) is 6.66. The predicted octanol–water partition coefficient (Wildman–Crippen LogP) is 1.79. The second kappa shape index (κ2) is 7.16. The lowest BCUT2D eigenvalue weighted by molar-refractivity contribution is -0.383. The number of nitro benzene ring substituents is 1. The van der Waals surface area contributed by atoms with Gasteiger partial charge in [-0.05, 0) is 25.1 Å². The Labute approximate surface area is 130 Å². The summed E-state index contributed by atoms with van der Waals surface area (Å²) in [6.45, 7) is 1.50. The molecule has 23 heavy (non-hydrogen) atoms. The maximum Gasteiger partial charge on any atom is 0.413 e. The zero-order chi connectivity index (χ0) is 16.8. The molecule has 0 aliphatic heterocycles. The molecule has 0 saturated heterocycles. The number of carbonyl (C=O) groups is 2. The molecule has 0 unspecified atom stereocenters. The second-order valence-corrected chi connectivity index (χ2v) is 4.29. The Kier molecular flexibility index (Phi) is 5.03. The highest BCUT2D eigenvalue weighted by Crippen LogP contribution is 2.31. The highest BCUT2D eigenvalue weighted by molar-refractivity contribution is 5.93. The van der Waals surface area contributed by atoms with Crippen LogP contribution in [-0.2, 0) is 9.53 Å². The van der Waals surface area contributed by atoms with Crippen LogP contribution in [0.15, 0.2) is 30.5 Å². The van der Waals surface area contributed by atoms with Gasteiger partial charge in [-0.1, -0.05) is 0 Å². The van der Waals surface area contributed by atoms with Crippen molar-refractivity contribution < 1.29 is 24.0 Å². The summed E-state index contributed by atoms with van der Waals surface area (Å²) in [5.41, 5.74) is 0.0281. The molecule has 1 amide bonds. The number of nitro groups is 1. The quantitative estimate of drug-likeness (QED) is 0.506. The van der Waals surface area contributed by atoms with E-state index in [0.717, 1.165) is 0 Å². The van der Waals surface area contributed by atoms with Crippen molar-refractivity contribution in [3.05, 3.63) is 40.6 Å². The number of benzene rings is 1. The number of fused-ring (bicyclic) bond motifs is 1. The summed E-state index contributed by atoms with van der Waals surface area (Å²) in [5, 5.41) is 13.5. The average molecular weight is 319 g/mol. The van der Waals surface area contributed by atoms with E-state index in [9.17, 15) is 19.7 Å². The largest absolute Gasteiger partial charge is 0.465 e. The van der Waals surface area contributed by atoms with Crippen LogP contribution in [0.25, 0.3) is 10.9 Å². The van der Waals surface area contributed by atoms with Crippen molar-refractivity contribution in [1.82, 2.24) is 10.3 Å². The summed E-state index contributed by atoms with van der Waals surface area (Å²) < 4.78 is 9.71. The Morgan fingerprint density at radius 2 is 2.13 bits per heavy atom. The summed E-state index contributed by atoms with van der Waals surface area (Å²) in [6.07, 6.45) is 0.536. The van der Waals surface area contributed by atoms with E-state index in [1.54, 1.807) is 13.0 Å². The minimum Gasteiger partial charge on any atom is -0.465 e.